The molecule has 23 heavy (non-hydrogen) atoms. The molecule has 2 rings (SSSR count). The number of rotatable bonds is 6. The number of hydrogen-bond acceptors (Lipinski definition) is 6. The van der Waals surface area contributed by atoms with Gasteiger partial charge in [-0.2, -0.15) is 0 Å². The minimum Gasteiger partial charge on any atom is -0.392 e. The van der Waals surface area contributed by atoms with E-state index in [-0.39, 0.29) is 12.0 Å². The normalized spacial score (nSPS) is 21.3. The first kappa shape index (κ1) is 18.3. The van der Waals surface area contributed by atoms with Crippen molar-refractivity contribution < 1.29 is 9.90 Å². The van der Waals surface area contributed by atoms with Crippen molar-refractivity contribution in [3.8, 4) is 0 Å². The number of aliphatic hydroxyl groups is 1. The maximum atomic E-state index is 12.2. The summed E-state index contributed by atoms with van der Waals surface area (Å²) >= 11 is 1.54. The molecule has 1 aromatic rings. The number of aliphatic hydroxyl groups excluding tert-OH is 1. The number of carbonyl (C=O) groups is 1. The van der Waals surface area contributed by atoms with Gasteiger partial charge >= 0.3 is 0 Å². The summed E-state index contributed by atoms with van der Waals surface area (Å²) in [6.07, 6.45) is 0.578. The number of anilines is 1. The van der Waals surface area contributed by atoms with Gasteiger partial charge in [0.15, 0.2) is 5.13 Å². The smallest absolute Gasteiger partial charge is 0.240 e. The van der Waals surface area contributed by atoms with Gasteiger partial charge in [-0.1, -0.05) is 6.92 Å². The summed E-state index contributed by atoms with van der Waals surface area (Å²) in [5.74, 6) is -0.00224. The van der Waals surface area contributed by atoms with Crippen molar-refractivity contribution in [1.82, 2.24) is 14.8 Å². The molecule has 1 aliphatic heterocycles. The highest BCUT2D eigenvalue weighted by atomic mass is 32.1. The third kappa shape index (κ3) is 5.24. The second kappa shape index (κ2) is 8.19. The van der Waals surface area contributed by atoms with Crippen molar-refractivity contribution in [2.45, 2.75) is 46.3 Å². The van der Waals surface area contributed by atoms with Crippen LogP contribution >= 0.6 is 11.3 Å². The summed E-state index contributed by atoms with van der Waals surface area (Å²) < 4.78 is 0. The fourth-order valence-electron chi connectivity index (χ4n) is 3.00. The third-order valence-corrected chi connectivity index (χ3v) is 5.12. The van der Waals surface area contributed by atoms with Crippen LogP contribution in [0.5, 0.6) is 0 Å². The second-order valence-corrected chi connectivity index (χ2v) is 7.55. The molecule has 1 saturated heterocycles. The first-order valence-corrected chi connectivity index (χ1v) is 9.11. The van der Waals surface area contributed by atoms with Crippen molar-refractivity contribution in [3.05, 3.63) is 10.6 Å². The van der Waals surface area contributed by atoms with Gasteiger partial charge in [0.1, 0.15) is 0 Å². The first-order valence-electron chi connectivity index (χ1n) is 8.29. The maximum absolute atomic E-state index is 12.2. The van der Waals surface area contributed by atoms with E-state index in [1.807, 2.05) is 13.8 Å². The fourth-order valence-corrected chi connectivity index (χ4v) is 3.91. The molecule has 130 valence electrons. The Morgan fingerprint density at radius 3 is 2.83 bits per heavy atom. The molecule has 0 radical (unpaired) electrons. The predicted molar refractivity (Wildman–Crippen MR) is 94.0 cm³/mol. The number of aryl methyl sites for hydroxylation is 2. The van der Waals surface area contributed by atoms with Crippen LogP contribution in [0.2, 0.25) is 0 Å². The van der Waals surface area contributed by atoms with E-state index in [0.717, 1.165) is 31.7 Å². The van der Waals surface area contributed by atoms with Gasteiger partial charge in [0, 0.05) is 37.1 Å². The van der Waals surface area contributed by atoms with Gasteiger partial charge in [0.2, 0.25) is 5.91 Å². The van der Waals surface area contributed by atoms with Crippen LogP contribution in [0.25, 0.3) is 0 Å². The molecule has 2 heterocycles. The van der Waals surface area contributed by atoms with Crippen LogP contribution in [-0.4, -0.2) is 70.7 Å². The zero-order chi connectivity index (χ0) is 17.0. The lowest BCUT2D eigenvalue weighted by Gasteiger charge is -2.40. The lowest BCUT2D eigenvalue weighted by Crippen LogP contribution is -2.54. The molecule has 1 fully saturated rings. The Balaban J connectivity index is 1.82. The molecule has 7 heteroatoms. The minimum absolute atomic E-state index is 0.00224. The Labute approximate surface area is 142 Å². The zero-order valence-corrected chi connectivity index (χ0v) is 15.3. The largest absolute Gasteiger partial charge is 0.392 e. The molecule has 1 aromatic heterocycles. The van der Waals surface area contributed by atoms with Gasteiger partial charge < -0.3 is 10.4 Å². The van der Waals surface area contributed by atoms with Gasteiger partial charge in [-0.3, -0.25) is 14.6 Å². The van der Waals surface area contributed by atoms with E-state index in [1.165, 1.54) is 16.2 Å². The number of amides is 1. The van der Waals surface area contributed by atoms with Crippen LogP contribution in [0.1, 0.15) is 31.3 Å². The summed E-state index contributed by atoms with van der Waals surface area (Å²) in [4.78, 5) is 22.3. The number of hydrogen-bond donors (Lipinski definition) is 2. The summed E-state index contributed by atoms with van der Waals surface area (Å²) in [5, 5.41) is 13.1. The highest BCUT2D eigenvalue weighted by molar-refractivity contribution is 7.15. The Bertz CT molecular complexity index is 532. The summed E-state index contributed by atoms with van der Waals surface area (Å²) in [5.41, 5.74) is 1.06. The number of nitrogens with zero attached hydrogens (tertiary/aromatic N) is 3. The van der Waals surface area contributed by atoms with Crippen molar-refractivity contribution in [2.75, 3.05) is 38.0 Å². The Morgan fingerprint density at radius 1 is 1.52 bits per heavy atom. The van der Waals surface area contributed by atoms with E-state index in [9.17, 15) is 9.90 Å². The number of carbonyl (C=O) groups excluding carboxylic acids is 1. The molecular weight excluding hydrogens is 312 g/mol. The number of piperazine rings is 1. The van der Waals surface area contributed by atoms with Crippen LogP contribution in [0.4, 0.5) is 5.13 Å². The van der Waals surface area contributed by atoms with Crippen LogP contribution in [0.3, 0.4) is 0 Å². The van der Waals surface area contributed by atoms with Crippen LogP contribution in [0.15, 0.2) is 0 Å². The summed E-state index contributed by atoms with van der Waals surface area (Å²) in [6.45, 7) is 11.7. The highest BCUT2D eigenvalue weighted by Crippen LogP contribution is 2.22. The quantitative estimate of drug-likeness (QED) is 0.818. The molecule has 0 saturated carbocycles. The number of nitrogens with one attached hydrogen (secondary N) is 1. The maximum Gasteiger partial charge on any atom is 0.240 e. The van der Waals surface area contributed by atoms with E-state index in [4.69, 9.17) is 0 Å². The predicted octanol–water partition coefficient (Wildman–Crippen LogP) is 1.34. The summed E-state index contributed by atoms with van der Waals surface area (Å²) in [7, 11) is 0. The molecule has 2 N–H and O–H groups in total. The SMILES string of the molecule is CCc1nc(NC(=O)CN2CCN(C[C@@H](C)O)[C@@H](C)C2)sc1C. The minimum atomic E-state index is -0.312. The first-order chi connectivity index (χ1) is 10.9. The molecule has 0 unspecified atom stereocenters. The van der Waals surface area contributed by atoms with E-state index in [2.05, 4.69) is 33.9 Å². The van der Waals surface area contributed by atoms with Gasteiger partial charge in [0.25, 0.3) is 0 Å². The Kier molecular flexibility index (Phi) is 6.52. The van der Waals surface area contributed by atoms with E-state index in [0.29, 0.717) is 24.3 Å². The summed E-state index contributed by atoms with van der Waals surface area (Å²) in [6, 6.07) is 0.347. The molecule has 6 nitrogen and oxygen atoms in total. The zero-order valence-electron chi connectivity index (χ0n) is 14.5. The molecule has 1 amide bonds. The molecular formula is C16H28N4O2S. The van der Waals surface area contributed by atoms with Gasteiger partial charge in [-0.05, 0) is 27.2 Å². The molecule has 0 aliphatic carbocycles. The third-order valence-electron chi connectivity index (χ3n) is 4.19. The number of thiazole rings is 1. The van der Waals surface area contributed by atoms with Gasteiger partial charge in [-0.25, -0.2) is 4.98 Å². The van der Waals surface area contributed by atoms with Crippen molar-refractivity contribution in [2.24, 2.45) is 0 Å². The molecule has 2 atom stereocenters. The average molecular weight is 340 g/mol. The van der Waals surface area contributed by atoms with Crippen LogP contribution in [-0.2, 0) is 11.2 Å². The standard InChI is InChI=1S/C16H28N4O2S/c1-5-14-13(4)23-16(17-14)18-15(22)10-19-6-7-20(9-12(3)21)11(2)8-19/h11-12,21H,5-10H2,1-4H3,(H,17,18,22)/t11-,12+/m0/s1. The van der Waals surface area contributed by atoms with E-state index >= 15 is 0 Å². The average Bonchev–Trinajstić information content (AvgIpc) is 2.81. The second-order valence-electron chi connectivity index (χ2n) is 6.35. The number of β-amino-alcohol motifs (C(OH)–C–C–N with tert-alkyl or cyclic N) is 1. The van der Waals surface area contributed by atoms with Gasteiger partial charge in [-0.15, -0.1) is 11.3 Å². The highest BCUT2D eigenvalue weighted by Gasteiger charge is 2.25. The van der Waals surface area contributed by atoms with Crippen LogP contribution in [0, 0.1) is 6.92 Å². The molecule has 0 aromatic carbocycles. The molecule has 0 bridgehead atoms. The van der Waals surface area contributed by atoms with Crippen LogP contribution < -0.4 is 5.32 Å². The van der Waals surface area contributed by atoms with E-state index in [1.54, 1.807) is 0 Å². The lowest BCUT2D eigenvalue weighted by molar-refractivity contribution is -0.118. The van der Waals surface area contributed by atoms with E-state index < -0.39 is 0 Å². The Hall–Kier alpha value is -1.02. The van der Waals surface area contributed by atoms with Crippen molar-refractivity contribution >= 4 is 22.4 Å². The number of aromatic nitrogens is 1. The lowest BCUT2D eigenvalue weighted by atomic mass is 10.1. The van der Waals surface area contributed by atoms with Crippen molar-refractivity contribution in [3.63, 3.8) is 0 Å². The topological polar surface area (TPSA) is 68.7 Å². The Morgan fingerprint density at radius 2 is 2.26 bits per heavy atom. The van der Waals surface area contributed by atoms with Crippen molar-refractivity contribution in [1.29, 1.82) is 0 Å². The van der Waals surface area contributed by atoms with Gasteiger partial charge in [0.05, 0.1) is 18.3 Å². The molecule has 0 spiro atoms. The monoisotopic (exact) mass is 340 g/mol. The fraction of sp³-hybridized carbons (Fsp3) is 0.750. The molecule has 1 aliphatic rings.